The molecule has 0 aliphatic carbocycles. The molecule has 0 nitrogen and oxygen atoms in total. The van der Waals surface area contributed by atoms with Crippen molar-refractivity contribution >= 4 is 23.9 Å². The van der Waals surface area contributed by atoms with E-state index < -0.39 is 0 Å². The van der Waals surface area contributed by atoms with E-state index in [0.717, 1.165) is 0 Å². The molecule has 0 fully saturated rings. The second-order valence-electron chi connectivity index (χ2n) is 4.35. The lowest BCUT2D eigenvalue weighted by Gasteiger charge is -2.15. The summed E-state index contributed by atoms with van der Waals surface area (Å²) in [4.78, 5) is 0. The predicted octanol–water partition coefficient (Wildman–Crippen LogP) is 5.24. The molecule has 0 unspecified atom stereocenters. The number of rotatable bonds is 9. The lowest BCUT2D eigenvalue weighted by atomic mass is 10.3. The van der Waals surface area contributed by atoms with Crippen LogP contribution in [-0.2, 0) is 0 Å². The standard InChI is InChI=1S/C14H25PS/c1-3-5-7-11-15(12-8-6-4-2)14-10-9-13-16-14/h9-10,13H,3-8,11-12H2,1-2H3. The predicted molar refractivity (Wildman–Crippen MR) is 79.7 cm³/mol. The molecule has 92 valence electrons. The molecule has 0 spiro atoms. The minimum Gasteiger partial charge on any atom is -0.144 e. The summed E-state index contributed by atoms with van der Waals surface area (Å²) in [6, 6.07) is 4.57. The highest BCUT2D eigenvalue weighted by Gasteiger charge is 2.10. The van der Waals surface area contributed by atoms with E-state index in [-0.39, 0.29) is 7.92 Å². The van der Waals surface area contributed by atoms with E-state index in [4.69, 9.17) is 0 Å². The van der Waals surface area contributed by atoms with Gasteiger partial charge in [0, 0.05) is 4.62 Å². The molecule has 0 N–H and O–H groups in total. The van der Waals surface area contributed by atoms with Crippen LogP contribution in [0.15, 0.2) is 17.5 Å². The molecule has 0 amide bonds. The van der Waals surface area contributed by atoms with Crippen molar-refractivity contribution in [2.75, 3.05) is 12.3 Å². The van der Waals surface area contributed by atoms with E-state index in [9.17, 15) is 0 Å². The highest BCUT2D eigenvalue weighted by molar-refractivity contribution is 7.71. The van der Waals surface area contributed by atoms with Gasteiger partial charge in [-0.25, -0.2) is 0 Å². The molecule has 1 rings (SSSR count). The van der Waals surface area contributed by atoms with Gasteiger partial charge in [0.1, 0.15) is 0 Å². The van der Waals surface area contributed by atoms with Gasteiger partial charge in [-0.1, -0.05) is 53.5 Å². The molecule has 1 aromatic heterocycles. The van der Waals surface area contributed by atoms with Crippen molar-refractivity contribution in [3.05, 3.63) is 17.5 Å². The Morgan fingerprint density at radius 1 is 1.00 bits per heavy atom. The first-order valence-electron chi connectivity index (χ1n) is 6.67. The van der Waals surface area contributed by atoms with E-state index >= 15 is 0 Å². The van der Waals surface area contributed by atoms with Crippen molar-refractivity contribution in [1.29, 1.82) is 0 Å². The van der Waals surface area contributed by atoms with Gasteiger partial charge >= 0.3 is 0 Å². The van der Waals surface area contributed by atoms with E-state index in [1.165, 1.54) is 50.8 Å². The zero-order chi connectivity index (χ0) is 11.6. The highest BCUT2D eigenvalue weighted by atomic mass is 32.1. The fourth-order valence-corrected chi connectivity index (χ4v) is 5.84. The lowest BCUT2D eigenvalue weighted by Crippen LogP contribution is -2.02. The molecule has 0 bridgehead atoms. The van der Waals surface area contributed by atoms with E-state index in [0.29, 0.717) is 0 Å². The molecular weight excluding hydrogens is 231 g/mol. The third-order valence-corrected chi connectivity index (χ3v) is 7.13. The minimum atomic E-state index is 0.177. The minimum absolute atomic E-state index is 0.177. The molecule has 0 aliphatic rings. The maximum Gasteiger partial charge on any atom is 0.0278 e. The normalized spacial score (nSPS) is 11.2. The molecule has 0 saturated heterocycles. The van der Waals surface area contributed by atoms with Crippen LogP contribution in [0.2, 0.25) is 0 Å². The Balaban J connectivity index is 2.36. The van der Waals surface area contributed by atoms with Crippen LogP contribution >= 0.6 is 19.3 Å². The van der Waals surface area contributed by atoms with Crippen molar-refractivity contribution in [1.82, 2.24) is 0 Å². The Bertz CT molecular complexity index is 233. The van der Waals surface area contributed by atoms with Crippen molar-refractivity contribution in [3.8, 4) is 0 Å². The Morgan fingerprint density at radius 3 is 2.06 bits per heavy atom. The van der Waals surface area contributed by atoms with Gasteiger partial charge in [-0.2, -0.15) is 0 Å². The second kappa shape index (κ2) is 9.19. The van der Waals surface area contributed by atoms with Gasteiger partial charge in [-0.15, -0.1) is 11.3 Å². The zero-order valence-corrected chi connectivity index (χ0v) is 12.5. The van der Waals surface area contributed by atoms with Gasteiger partial charge in [-0.3, -0.25) is 0 Å². The van der Waals surface area contributed by atoms with Gasteiger partial charge in [-0.05, 0) is 36.6 Å². The van der Waals surface area contributed by atoms with Crippen molar-refractivity contribution < 1.29 is 0 Å². The molecule has 0 radical (unpaired) electrons. The molecule has 0 atom stereocenters. The lowest BCUT2D eigenvalue weighted by molar-refractivity contribution is 0.763. The van der Waals surface area contributed by atoms with Crippen LogP contribution in [0.25, 0.3) is 0 Å². The summed E-state index contributed by atoms with van der Waals surface area (Å²) in [6.07, 6.45) is 11.3. The molecule has 1 heterocycles. The maximum absolute atomic E-state index is 2.36. The van der Waals surface area contributed by atoms with E-state index in [2.05, 4.69) is 31.4 Å². The summed E-state index contributed by atoms with van der Waals surface area (Å²) in [5, 5.41) is 2.24. The zero-order valence-electron chi connectivity index (χ0n) is 10.7. The van der Waals surface area contributed by atoms with E-state index in [1.54, 1.807) is 4.62 Å². The Kier molecular flexibility index (Phi) is 8.15. The van der Waals surface area contributed by atoms with Gasteiger partial charge in [0.05, 0.1) is 0 Å². The van der Waals surface area contributed by atoms with Crippen LogP contribution in [0.3, 0.4) is 0 Å². The molecule has 0 aliphatic heterocycles. The smallest absolute Gasteiger partial charge is 0.0278 e. The largest absolute Gasteiger partial charge is 0.144 e. The van der Waals surface area contributed by atoms with Crippen LogP contribution in [0.4, 0.5) is 0 Å². The summed E-state index contributed by atoms with van der Waals surface area (Å²) in [7, 11) is 0.177. The monoisotopic (exact) mass is 256 g/mol. The summed E-state index contributed by atoms with van der Waals surface area (Å²) in [5.74, 6) is 0. The first-order chi connectivity index (χ1) is 7.88. The van der Waals surface area contributed by atoms with Crippen molar-refractivity contribution in [2.24, 2.45) is 0 Å². The van der Waals surface area contributed by atoms with E-state index in [1.807, 2.05) is 11.3 Å². The molecule has 1 aromatic rings. The first-order valence-corrected chi connectivity index (χ1v) is 9.26. The Labute approximate surface area is 106 Å². The molecule has 2 heteroatoms. The van der Waals surface area contributed by atoms with Crippen LogP contribution in [0.1, 0.15) is 52.4 Å². The summed E-state index contributed by atoms with van der Waals surface area (Å²) >= 11 is 1.98. The van der Waals surface area contributed by atoms with Crippen LogP contribution in [0, 0.1) is 0 Å². The summed E-state index contributed by atoms with van der Waals surface area (Å²) in [6.45, 7) is 4.59. The second-order valence-corrected chi connectivity index (χ2v) is 8.06. The fraction of sp³-hybridized carbons (Fsp3) is 0.714. The third-order valence-electron chi connectivity index (χ3n) is 2.88. The topological polar surface area (TPSA) is 0 Å². The quantitative estimate of drug-likeness (QED) is 0.419. The van der Waals surface area contributed by atoms with Crippen LogP contribution in [-0.4, -0.2) is 12.3 Å². The van der Waals surface area contributed by atoms with Gasteiger partial charge < -0.3 is 0 Å². The van der Waals surface area contributed by atoms with Gasteiger partial charge in [0.2, 0.25) is 0 Å². The summed E-state index contributed by atoms with van der Waals surface area (Å²) in [5.41, 5.74) is 0. The van der Waals surface area contributed by atoms with Crippen LogP contribution < -0.4 is 4.62 Å². The Hall–Kier alpha value is 0.130. The third kappa shape index (κ3) is 5.46. The number of thiophene rings is 1. The van der Waals surface area contributed by atoms with Crippen molar-refractivity contribution in [3.63, 3.8) is 0 Å². The fourth-order valence-electron chi connectivity index (χ4n) is 1.89. The first kappa shape index (κ1) is 14.2. The van der Waals surface area contributed by atoms with Crippen molar-refractivity contribution in [2.45, 2.75) is 52.4 Å². The van der Waals surface area contributed by atoms with Gasteiger partial charge in [0.15, 0.2) is 0 Å². The number of hydrogen-bond donors (Lipinski definition) is 0. The average Bonchev–Trinajstić information content (AvgIpc) is 2.81. The average molecular weight is 256 g/mol. The summed E-state index contributed by atoms with van der Waals surface area (Å²) < 4.78 is 1.68. The highest BCUT2D eigenvalue weighted by Crippen LogP contribution is 2.38. The SMILES string of the molecule is CCCCCP(CCCCC)c1cccs1. The molecule has 16 heavy (non-hydrogen) atoms. The molecular formula is C14H25PS. The number of unbranched alkanes of at least 4 members (excludes halogenated alkanes) is 4. The van der Waals surface area contributed by atoms with Gasteiger partial charge in [0.25, 0.3) is 0 Å². The molecule has 0 aromatic carbocycles. The Morgan fingerprint density at radius 2 is 1.62 bits per heavy atom. The number of hydrogen-bond acceptors (Lipinski definition) is 1. The molecule has 0 saturated carbocycles. The maximum atomic E-state index is 2.36. The van der Waals surface area contributed by atoms with Crippen LogP contribution in [0.5, 0.6) is 0 Å².